The molecule has 0 amide bonds. The molecule has 6 nitrogen and oxygen atoms in total. The Bertz CT molecular complexity index is 546. The van der Waals surface area contributed by atoms with Gasteiger partial charge in [0.2, 0.25) is 5.69 Å². The van der Waals surface area contributed by atoms with Crippen molar-refractivity contribution in [3.63, 3.8) is 0 Å². The third kappa shape index (κ3) is 24.0. The Morgan fingerprint density at radius 3 is 1.82 bits per heavy atom. The van der Waals surface area contributed by atoms with E-state index in [0.29, 0.717) is 13.0 Å². The highest BCUT2D eigenvalue weighted by atomic mass is 32.9. The number of hydrogen-bond donors (Lipinski definition) is 1. The van der Waals surface area contributed by atoms with E-state index in [1.54, 1.807) is 7.11 Å². The van der Waals surface area contributed by atoms with E-state index in [-0.39, 0.29) is 25.3 Å². The average Bonchev–Trinajstić information content (AvgIpc) is 2.76. The summed E-state index contributed by atoms with van der Waals surface area (Å²) in [7, 11) is 7.81. The van der Waals surface area contributed by atoms with Crippen molar-refractivity contribution in [2.24, 2.45) is 0 Å². The zero-order chi connectivity index (χ0) is 25.7. The number of methoxy groups -OCH3 is 1. The molecule has 0 aromatic heterocycles. The number of quaternary nitrogens is 1. The van der Waals surface area contributed by atoms with Gasteiger partial charge in [0.15, 0.2) is 0 Å². The van der Waals surface area contributed by atoms with Crippen LogP contribution in [0.1, 0.15) is 96.8 Å². The number of carbonyl (C=O) groups excluding carboxylic acids is 1. The van der Waals surface area contributed by atoms with Gasteiger partial charge in [-0.2, -0.15) is 0 Å². The monoisotopic (exact) mass is 542 g/mol. The summed E-state index contributed by atoms with van der Waals surface area (Å²) in [4.78, 5) is 12.0. The highest BCUT2D eigenvalue weighted by Gasteiger charge is 2.20. The lowest BCUT2D eigenvalue weighted by Gasteiger charge is -2.25. The van der Waals surface area contributed by atoms with E-state index in [0.717, 1.165) is 23.9 Å². The van der Waals surface area contributed by atoms with Crippen LogP contribution >= 0.6 is 17.9 Å². The molecule has 0 saturated carbocycles. The van der Waals surface area contributed by atoms with E-state index in [4.69, 9.17) is 30.3 Å². The van der Waals surface area contributed by atoms with Gasteiger partial charge in [0.05, 0.1) is 27.7 Å². The number of carbonyl (C=O) groups is 1. The summed E-state index contributed by atoms with van der Waals surface area (Å²) in [6.07, 6.45) is 16.8. The first-order valence-electron chi connectivity index (χ1n) is 13.2. The predicted octanol–water partition coefficient (Wildman–Crippen LogP) is 6.92. The maximum Gasteiger partial charge on any atom is 0.305 e. The topological polar surface area (TPSA) is 54.0 Å². The molecule has 0 aromatic carbocycles. The van der Waals surface area contributed by atoms with Gasteiger partial charge < -0.3 is 23.0 Å². The lowest BCUT2D eigenvalue weighted by atomic mass is 10.0. The molecular weight excluding hydrogens is 489 g/mol. The molecule has 2 atom stereocenters. The second kappa shape index (κ2) is 21.4. The van der Waals surface area contributed by atoms with Gasteiger partial charge in [0, 0.05) is 13.5 Å². The van der Waals surface area contributed by atoms with Crippen LogP contribution in [-0.4, -0.2) is 71.2 Å². The number of ether oxygens (including phenoxy) is 2. The maximum atomic E-state index is 12.0. The van der Waals surface area contributed by atoms with Gasteiger partial charge in [0.25, 0.3) is 0 Å². The average molecular weight is 543 g/mol. The third-order valence-corrected chi connectivity index (χ3v) is 8.00. The molecule has 0 fully saturated rings. The fraction of sp³-hybridized carbons (Fsp3) is 0.960. The van der Waals surface area contributed by atoms with E-state index in [1.807, 2.05) is 0 Å². The molecule has 0 aromatic rings. The number of rotatable bonds is 24. The fourth-order valence-corrected chi connectivity index (χ4v) is 4.97. The number of esters is 1. The zero-order valence-corrected chi connectivity index (χ0v) is 25.2. The Balaban J connectivity index is 3.71. The number of nitrogens with zero attached hydrogens (tertiary/aromatic N) is 1. The molecule has 0 aliphatic rings. The minimum absolute atomic E-state index is 0.149. The largest absolute Gasteiger partial charge is 0.463 e. The second-order valence-electron chi connectivity index (χ2n) is 10.1. The van der Waals surface area contributed by atoms with E-state index < -0.39 is 5.69 Å². The number of likely N-dealkylation sites (N-methyl/N-ethyl adjacent to an activating group) is 1. The highest BCUT2D eigenvalue weighted by molar-refractivity contribution is 8.60. The van der Waals surface area contributed by atoms with Crippen molar-refractivity contribution in [2.75, 3.05) is 54.6 Å². The SMILES string of the molecule is CCCCCCCCCCCCCCCC(=O)OC[C@H](COP(=S)(S)OCC[N+](C)(C)C)OC. The maximum absolute atomic E-state index is 12.0. The number of thiol groups is 1. The summed E-state index contributed by atoms with van der Waals surface area (Å²) < 4.78 is 22.8. The van der Waals surface area contributed by atoms with Gasteiger partial charge in [-0.3, -0.25) is 4.79 Å². The van der Waals surface area contributed by atoms with Crippen LogP contribution in [0.4, 0.5) is 0 Å². The molecule has 0 rings (SSSR count). The lowest BCUT2D eigenvalue weighted by Crippen LogP contribution is -2.37. The molecule has 0 spiro atoms. The molecule has 0 bridgehead atoms. The van der Waals surface area contributed by atoms with E-state index in [1.165, 1.54) is 70.6 Å². The standard InChI is InChI=1S/C25H52NO5PS2/c1-6-7-8-9-10-11-12-13-14-15-16-17-18-19-25(27)29-22-24(28-5)23-31-32(33,34)30-21-20-26(2,3)4/h24H,6-23H2,1-5H3/p+1/t24-/m1/s1. The molecule has 0 saturated heterocycles. The highest BCUT2D eigenvalue weighted by Crippen LogP contribution is 2.53. The molecule has 0 heterocycles. The molecule has 0 radical (unpaired) electrons. The van der Waals surface area contributed by atoms with Crippen molar-refractivity contribution in [2.45, 2.75) is 103 Å². The Kier molecular flexibility index (Phi) is 21.6. The lowest BCUT2D eigenvalue weighted by molar-refractivity contribution is -0.870. The molecular formula is C25H53NO5PS2+. The normalized spacial score (nSPS) is 14.6. The number of unbranched alkanes of at least 4 members (excludes halogenated alkanes) is 12. The Morgan fingerprint density at radius 1 is 0.853 bits per heavy atom. The van der Waals surface area contributed by atoms with E-state index >= 15 is 0 Å². The van der Waals surface area contributed by atoms with Crippen molar-refractivity contribution in [3.8, 4) is 0 Å². The van der Waals surface area contributed by atoms with Crippen molar-refractivity contribution >= 4 is 35.7 Å². The first kappa shape index (κ1) is 34.3. The van der Waals surface area contributed by atoms with Crippen LogP contribution in [0.15, 0.2) is 0 Å². The van der Waals surface area contributed by atoms with Crippen LogP contribution in [0.2, 0.25) is 0 Å². The minimum atomic E-state index is -2.64. The van der Waals surface area contributed by atoms with Gasteiger partial charge >= 0.3 is 5.97 Å². The van der Waals surface area contributed by atoms with Crippen LogP contribution in [0.25, 0.3) is 0 Å². The quantitative estimate of drug-likeness (QED) is 0.0470. The van der Waals surface area contributed by atoms with Crippen molar-refractivity contribution < 1.29 is 27.8 Å². The molecule has 0 aliphatic carbocycles. The van der Waals surface area contributed by atoms with Crippen LogP contribution < -0.4 is 0 Å². The third-order valence-electron chi connectivity index (χ3n) is 5.69. The summed E-state index contributed by atoms with van der Waals surface area (Å²) in [6.45, 7) is 3.89. The van der Waals surface area contributed by atoms with Crippen LogP contribution in [0, 0.1) is 0 Å². The Hall–Kier alpha value is 0.310. The molecule has 34 heavy (non-hydrogen) atoms. The fourth-order valence-electron chi connectivity index (χ4n) is 3.37. The van der Waals surface area contributed by atoms with Crippen molar-refractivity contribution in [1.82, 2.24) is 0 Å². The zero-order valence-electron chi connectivity index (χ0n) is 22.6. The predicted molar refractivity (Wildman–Crippen MR) is 150 cm³/mol. The first-order valence-corrected chi connectivity index (χ1v) is 17.0. The summed E-state index contributed by atoms with van der Waals surface area (Å²) in [5.41, 5.74) is -2.64. The molecule has 204 valence electrons. The van der Waals surface area contributed by atoms with Crippen molar-refractivity contribution in [3.05, 3.63) is 0 Å². The Labute approximate surface area is 220 Å². The van der Waals surface area contributed by atoms with Crippen LogP contribution in [0.5, 0.6) is 0 Å². The summed E-state index contributed by atoms with van der Waals surface area (Å²) >= 11 is 9.70. The van der Waals surface area contributed by atoms with Crippen LogP contribution in [-0.2, 0) is 35.1 Å². The van der Waals surface area contributed by atoms with Gasteiger partial charge in [-0.25, -0.2) is 0 Å². The molecule has 0 N–H and O–H groups in total. The first-order chi connectivity index (χ1) is 16.1. The van der Waals surface area contributed by atoms with Gasteiger partial charge in [-0.1, -0.05) is 96.2 Å². The smallest absolute Gasteiger partial charge is 0.305 e. The number of hydrogen-bond acceptors (Lipinski definition) is 6. The minimum Gasteiger partial charge on any atom is -0.463 e. The Morgan fingerprint density at radius 2 is 1.35 bits per heavy atom. The van der Waals surface area contributed by atoms with E-state index in [2.05, 4.69) is 40.3 Å². The summed E-state index contributed by atoms with van der Waals surface area (Å²) in [5.74, 6) is -0.186. The molecule has 1 unspecified atom stereocenters. The summed E-state index contributed by atoms with van der Waals surface area (Å²) in [6, 6.07) is 0. The van der Waals surface area contributed by atoms with Gasteiger partial charge in [0.1, 0.15) is 25.9 Å². The van der Waals surface area contributed by atoms with Gasteiger partial charge in [-0.15, -0.1) is 0 Å². The molecule has 0 aliphatic heterocycles. The van der Waals surface area contributed by atoms with Gasteiger partial charge in [-0.05, 0) is 18.2 Å². The van der Waals surface area contributed by atoms with Crippen molar-refractivity contribution in [1.29, 1.82) is 0 Å². The van der Waals surface area contributed by atoms with Crippen LogP contribution in [0.3, 0.4) is 0 Å². The summed E-state index contributed by atoms with van der Waals surface area (Å²) in [5, 5.41) is 0. The molecule has 9 heteroatoms. The van der Waals surface area contributed by atoms with E-state index in [9.17, 15) is 4.79 Å². The second-order valence-corrected chi connectivity index (χ2v) is 15.4.